The summed E-state index contributed by atoms with van der Waals surface area (Å²) < 4.78 is 10.2. The molecule has 34 nitrogen and oxygen atoms in total. The van der Waals surface area contributed by atoms with Crippen molar-refractivity contribution < 1.29 is 19.2 Å². The maximum absolute atomic E-state index is 12.7. The first-order valence-electron chi connectivity index (χ1n) is 30.7. The summed E-state index contributed by atoms with van der Waals surface area (Å²) in [6.45, 7) is 12.0. The molecule has 8 N–H and O–H groups in total. The Bertz CT molecular complexity index is 6070. The second-order valence-corrected chi connectivity index (χ2v) is 23.5. The van der Waals surface area contributed by atoms with E-state index in [1.165, 1.54) is 87.0 Å². The van der Waals surface area contributed by atoms with Gasteiger partial charge in [-0.1, -0.05) is 35.3 Å². The van der Waals surface area contributed by atoms with Crippen LogP contribution in [0.25, 0.3) is 111 Å². The number of nitrogens with zero attached hydrogens (tertiary/aromatic N) is 18. The molecule has 0 fully saturated rings. The predicted octanol–water partition coefficient (Wildman–Crippen LogP) is 7.44. The number of carbonyl (C=O) groups is 4. The molecule has 0 saturated heterocycles. The van der Waals surface area contributed by atoms with E-state index in [0.29, 0.717) is 134 Å². The fourth-order valence-electron chi connectivity index (χ4n) is 10.7. The van der Waals surface area contributed by atoms with Crippen molar-refractivity contribution in [2.45, 2.75) is 53.6 Å². The van der Waals surface area contributed by atoms with Crippen LogP contribution >= 0.6 is 23.2 Å². The lowest BCUT2D eigenvalue weighted by molar-refractivity contribution is 0.237. The van der Waals surface area contributed by atoms with Crippen LogP contribution in [0.5, 0.6) is 0 Å². The normalized spacial score (nSPS) is 11.4. The second-order valence-electron chi connectivity index (χ2n) is 22.6. The van der Waals surface area contributed by atoms with Crippen LogP contribution in [0.15, 0.2) is 166 Å². The van der Waals surface area contributed by atoms with Crippen molar-refractivity contribution in [3.8, 4) is 23.0 Å². The number of hydrogen-bond donors (Lipinski definition) is 8. The van der Waals surface area contributed by atoms with Gasteiger partial charge < -0.3 is 21.3 Å². The lowest BCUT2D eigenvalue weighted by Gasteiger charge is -2.07. The molecule has 100 heavy (non-hydrogen) atoms. The second kappa shape index (κ2) is 27.1. The number of nitrogens with one attached hydrogen (secondary N) is 8. The number of amides is 4. The van der Waals surface area contributed by atoms with E-state index in [1.807, 2.05) is 41.5 Å². The van der Waals surface area contributed by atoms with Crippen molar-refractivity contribution >= 4 is 135 Å². The van der Waals surface area contributed by atoms with Gasteiger partial charge in [-0.2, -0.15) is 39.1 Å². The third-order valence-electron chi connectivity index (χ3n) is 15.2. The van der Waals surface area contributed by atoms with Crippen molar-refractivity contribution in [1.82, 2.24) is 129 Å². The van der Waals surface area contributed by atoms with Gasteiger partial charge in [0.1, 0.15) is 0 Å². The highest BCUT2D eigenvalue weighted by molar-refractivity contribution is 6.31. The molecule has 36 heteroatoms. The Labute approximate surface area is 569 Å². The summed E-state index contributed by atoms with van der Waals surface area (Å²) >= 11 is 11.8. The molecule has 0 spiro atoms. The lowest BCUT2D eigenvalue weighted by Crippen LogP contribution is -2.34. The molecule has 2 aromatic carbocycles. The maximum atomic E-state index is 12.7. The summed E-state index contributed by atoms with van der Waals surface area (Å²) in [5, 5.41) is 44.6. The molecule has 16 rings (SSSR count). The Morgan fingerprint density at radius 3 is 0.950 bits per heavy atom. The molecule has 0 unspecified atom stereocenters. The van der Waals surface area contributed by atoms with Gasteiger partial charge in [0.05, 0.1) is 101 Å². The third kappa shape index (κ3) is 12.2. The number of hydrogen-bond acceptors (Lipinski definition) is 18. The number of fused-ring (bicyclic) bond motifs is 12. The van der Waals surface area contributed by atoms with E-state index < -0.39 is 0 Å². The standard InChI is InChI=1S/C17H15ClN6O2.C16H13ClN6O2.C16H15N7O2.C15H13N7O2/c1-9(2)21-17(26)24-15-12(8-20-24)14-13(7-19-15)16(25)23(22-14)11-5-3-10(18)4-6-11;1-2-18-16(25)23-14-11(8-20-23)13-12(7-19-14)15(24)22(21-13)10-5-3-9(17)4-6-10;1-9(2)20-16(25)23-14-10(8-19-23)13-11(7-18-14)15(24)22(21-13)12-5-3-4-6-17-12;1-2-16-15(24)22-13-9(8-19-22)12-10(7-18-13)14(23)21(20-12)11-5-3-4-6-17-11/h3-9,22H,1-2H3,(H,21,26);3-8,21H,2H2,1H3,(H,18,25);3-9,21H,1-2H3,(H,20,25);3-8,20H,2H2,1H3,(H,16,24). The molecular formula is C64H56Cl2N26O8. The van der Waals surface area contributed by atoms with Crippen LogP contribution in [0.4, 0.5) is 19.2 Å². The van der Waals surface area contributed by atoms with Crippen LogP contribution in [-0.4, -0.2) is 157 Å². The van der Waals surface area contributed by atoms with E-state index in [9.17, 15) is 38.4 Å². The van der Waals surface area contributed by atoms with Gasteiger partial charge in [0.2, 0.25) is 0 Å². The average molecular weight is 1390 g/mol. The molecule has 0 atom stereocenters. The van der Waals surface area contributed by atoms with Crippen LogP contribution in [0.3, 0.4) is 0 Å². The number of pyridine rings is 6. The van der Waals surface area contributed by atoms with Gasteiger partial charge in [-0.05, 0) is 114 Å². The van der Waals surface area contributed by atoms with Crippen molar-refractivity contribution in [3.63, 3.8) is 0 Å². The summed E-state index contributed by atoms with van der Waals surface area (Å²) in [6.07, 6.45) is 15.1. The molecule has 0 radical (unpaired) electrons. The Morgan fingerprint density at radius 1 is 0.380 bits per heavy atom. The first kappa shape index (κ1) is 65.4. The minimum atomic E-state index is -0.374. The fourth-order valence-corrected chi connectivity index (χ4v) is 10.9. The Balaban J connectivity index is 0.000000120. The van der Waals surface area contributed by atoms with Gasteiger partial charge in [0.25, 0.3) is 22.2 Å². The molecule has 16 aromatic rings. The quantitative estimate of drug-likeness (QED) is 0.0732. The first-order valence-corrected chi connectivity index (χ1v) is 31.5. The van der Waals surface area contributed by atoms with Gasteiger partial charge in [0.15, 0.2) is 34.2 Å². The summed E-state index contributed by atoms with van der Waals surface area (Å²) in [5.74, 6) is 0.949. The minimum absolute atomic E-state index is 0.0273. The van der Waals surface area contributed by atoms with Crippen LogP contribution in [0.1, 0.15) is 41.5 Å². The van der Waals surface area contributed by atoms with Gasteiger partial charge in [-0.15, -0.1) is 0 Å². The summed E-state index contributed by atoms with van der Waals surface area (Å²) in [6, 6.07) is 22.8. The number of carbonyl (C=O) groups excluding carboxylic acids is 4. The first-order chi connectivity index (χ1) is 48.3. The monoisotopic (exact) mass is 1390 g/mol. The number of rotatable bonds is 8. The molecule has 0 saturated carbocycles. The lowest BCUT2D eigenvalue weighted by atomic mass is 10.2. The zero-order valence-corrected chi connectivity index (χ0v) is 55.0. The van der Waals surface area contributed by atoms with Gasteiger partial charge >= 0.3 is 24.1 Å². The summed E-state index contributed by atoms with van der Waals surface area (Å²) in [4.78, 5) is 124. The van der Waals surface area contributed by atoms with Crippen LogP contribution in [0, 0.1) is 0 Å². The molecular weight excluding hydrogens is 1330 g/mol. The summed E-state index contributed by atoms with van der Waals surface area (Å²) in [5.41, 5.74) is 4.06. The Kier molecular flexibility index (Phi) is 17.7. The highest BCUT2D eigenvalue weighted by Crippen LogP contribution is 2.26. The largest absolute Gasteiger partial charge is 0.344 e. The van der Waals surface area contributed by atoms with Gasteiger partial charge in [0, 0.05) is 72.4 Å². The van der Waals surface area contributed by atoms with E-state index in [4.69, 9.17) is 23.2 Å². The van der Waals surface area contributed by atoms with Crippen LogP contribution < -0.4 is 43.5 Å². The van der Waals surface area contributed by atoms with Crippen LogP contribution in [-0.2, 0) is 0 Å². The average Bonchev–Trinajstić information content (AvgIpc) is 1.65. The molecule has 0 bridgehead atoms. The molecule has 504 valence electrons. The molecule has 14 aromatic heterocycles. The summed E-state index contributed by atoms with van der Waals surface area (Å²) in [7, 11) is 0. The van der Waals surface area contributed by atoms with Crippen molar-refractivity contribution in [1.29, 1.82) is 0 Å². The molecule has 0 aliphatic carbocycles. The van der Waals surface area contributed by atoms with Crippen molar-refractivity contribution in [2.24, 2.45) is 0 Å². The number of H-pyrrole nitrogens is 4. The molecule has 0 aliphatic heterocycles. The molecule has 4 amide bonds. The SMILES string of the molecule is CC(C)NC(=O)n1ncc2c3[nH]n(-c4ccc(Cl)cc4)c(=O)c3cnc21.CC(C)NC(=O)n1ncc2c3[nH]n(-c4ccccn4)c(=O)c3cnc21.CCNC(=O)n1ncc2c3[nH]n(-c4ccc(Cl)cc4)c(=O)c3cnc21.CCNC(=O)n1ncc2c3[nH]n(-c4ccccn4)c(=O)c3cnc21. The zero-order valence-electron chi connectivity index (χ0n) is 53.5. The van der Waals surface area contributed by atoms with E-state index in [-0.39, 0.29) is 58.4 Å². The molecule has 14 heterocycles. The minimum Gasteiger partial charge on any atom is -0.336 e. The highest BCUT2D eigenvalue weighted by atomic mass is 35.5. The van der Waals surface area contributed by atoms with E-state index in [0.717, 1.165) is 0 Å². The van der Waals surface area contributed by atoms with Gasteiger partial charge in [-0.25, -0.2) is 67.8 Å². The van der Waals surface area contributed by atoms with Gasteiger partial charge in [-0.3, -0.25) is 39.6 Å². The number of aromatic amines is 4. The number of halogens is 2. The topological polar surface area (TPSA) is 416 Å². The zero-order chi connectivity index (χ0) is 70.2. The molecule has 0 aliphatic rings. The van der Waals surface area contributed by atoms with E-state index >= 15 is 0 Å². The fraction of sp³-hybridized carbons (Fsp3) is 0.156. The highest BCUT2D eigenvalue weighted by Gasteiger charge is 2.23. The Morgan fingerprint density at radius 2 is 0.670 bits per heavy atom. The maximum Gasteiger partial charge on any atom is 0.344 e. The third-order valence-corrected chi connectivity index (χ3v) is 15.7. The smallest absolute Gasteiger partial charge is 0.336 e. The van der Waals surface area contributed by atoms with E-state index in [1.54, 1.807) is 97.3 Å². The number of benzene rings is 2. The van der Waals surface area contributed by atoms with Crippen molar-refractivity contribution in [2.75, 3.05) is 13.1 Å². The van der Waals surface area contributed by atoms with E-state index in [2.05, 4.69) is 92.0 Å². The Hall–Kier alpha value is -13.2. The number of aromatic nitrogens is 22. The van der Waals surface area contributed by atoms with Crippen LogP contribution in [0.2, 0.25) is 10.0 Å². The van der Waals surface area contributed by atoms with Crippen molar-refractivity contribution in [3.05, 3.63) is 198 Å². The predicted molar refractivity (Wildman–Crippen MR) is 373 cm³/mol.